The van der Waals surface area contributed by atoms with Gasteiger partial charge in [-0.25, -0.2) is 43.9 Å². The number of hydrogen-bond acceptors (Lipinski definition) is 1. The van der Waals surface area contributed by atoms with Crippen molar-refractivity contribution in [1.82, 2.24) is 0 Å². The van der Waals surface area contributed by atoms with Crippen LogP contribution in [0, 0.1) is 23.3 Å². The first-order valence-corrected chi connectivity index (χ1v) is 9.61. The van der Waals surface area contributed by atoms with Crippen LogP contribution in [-0.4, -0.2) is 37.5 Å². The Morgan fingerprint density at radius 1 is 0.686 bits per heavy atom. The Morgan fingerprint density at radius 3 is 1.34 bits per heavy atom. The fraction of sp³-hybridized carbons (Fsp3) is 0.333. The number of ether oxygens (including phenoxy) is 1. The minimum atomic E-state index is -3.43. The molecule has 190 valence electrons. The van der Waals surface area contributed by atoms with E-state index in [1.807, 2.05) is 0 Å². The van der Waals surface area contributed by atoms with Crippen LogP contribution in [0.2, 0.25) is 0 Å². The van der Waals surface area contributed by atoms with Crippen molar-refractivity contribution in [2.24, 2.45) is 0 Å². The second-order valence-corrected chi connectivity index (χ2v) is 8.17. The van der Waals surface area contributed by atoms with Crippen LogP contribution in [-0.2, 0) is 0 Å². The Hall–Kier alpha value is -2.80. The van der Waals surface area contributed by atoms with E-state index in [-0.39, 0.29) is 12.2 Å². The standard InChI is InChI=1S/C21H13BF12O/c1-20(33)4-6(23)8(13(27)18(20)31)22(9-7(24)5-21(2,34)19(32)14(9)28)10-11(25)15(29)17(35-3)16(30)12(10)26/h4-5,18-19H,1-3H3. The summed E-state index contributed by atoms with van der Waals surface area (Å²) in [6.45, 7) is -2.64. The third-order valence-electron chi connectivity index (χ3n) is 5.61. The van der Waals surface area contributed by atoms with Crippen molar-refractivity contribution < 1.29 is 57.4 Å². The van der Waals surface area contributed by atoms with Crippen molar-refractivity contribution in [3.8, 4) is 5.75 Å². The van der Waals surface area contributed by atoms with E-state index in [2.05, 4.69) is 4.74 Å². The number of rotatable bonds is 4. The average Bonchev–Trinajstić information content (AvgIpc) is 2.74. The lowest BCUT2D eigenvalue weighted by molar-refractivity contribution is 0.113. The molecule has 0 saturated carbocycles. The molecule has 0 radical (unpaired) electrons. The van der Waals surface area contributed by atoms with Gasteiger partial charge in [0.1, 0.15) is 23.3 Å². The predicted molar refractivity (Wildman–Crippen MR) is 102 cm³/mol. The van der Waals surface area contributed by atoms with Crippen LogP contribution in [0.15, 0.2) is 46.4 Å². The largest absolute Gasteiger partial charge is 0.491 e. The van der Waals surface area contributed by atoms with Gasteiger partial charge >= 0.3 is 0 Å². The third kappa shape index (κ3) is 4.04. The molecule has 4 atom stereocenters. The Morgan fingerprint density at radius 2 is 1.03 bits per heavy atom. The number of benzene rings is 1. The van der Waals surface area contributed by atoms with Crippen molar-refractivity contribution in [2.75, 3.05) is 7.11 Å². The maximum atomic E-state index is 14.9. The molecule has 2 aliphatic carbocycles. The zero-order chi connectivity index (χ0) is 26.8. The molecule has 4 unspecified atom stereocenters. The van der Waals surface area contributed by atoms with Gasteiger partial charge in [0.25, 0.3) is 6.71 Å². The van der Waals surface area contributed by atoms with Crippen molar-refractivity contribution in [2.45, 2.75) is 37.5 Å². The molecule has 0 bridgehead atoms. The minimum Gasteiger partial charge on any atom is -0.491 e. The van der Waals surface area contributed by atoms with Gasteiger partial charge in [-0.3, -0.25) is 0 Å². The lowest BCUT2D eigenvalue weighted by atomic mass is 9.33. The van der Waals surface area contributed by atoms with Crippen molar-refractivity contribution >= 4 is 12.2 Å². The molecule has 35 heavy (non-hydrogen) atoms. The van der Waals surface area contributed by atoms with E-state index in [1.165, 1.54) is 0 Å². The van der Waals surface area contributed by atoms with Crippen LogP contribution in [0.3, 0.4) is 0 Å². The number of hydrogen-bond donors (Lipinski definition) is 0. The molecule has 2 aliphatic rings. The van der Waals surface area contributed by atoms with Crippen molar-refractivity contribution in [3.05, 3.63) is 69.7 Å². The first-order chi connectivity index (χ1) is 16.0. The fourth-order valence-corrected chi connectivity index (χ4v) is 3.84. The average molecular weight is 520 g/mol. The van der Waals surface area contributed by atoms with E-state index < -0.39 is 99.1 Å². The molecule has 3 rings (SSSR count). The zero-order valence-corrected chi connectivity index (χ0v) is 17.8. The summed E-state index contributed by atoms with van der Waals surface area (Å²) in [4.78, 5) is 0. The second-order valence-electron chi connectivity index (χ2n) is 8.17. The van der Waals surface area contributed by atoms with Gasteiger partial charge in [-0.1, -0.05) is 0 Å². The molecule has 0 saturated heterocycles. The number of alkyl halides is 4. The first-order valence-electron chi connectivity index (χ1n) is 9.61. The quantitative estimate of drug-likeness (QED) is 0.256. The van der Waals surface area contributed by atoms with E-state index >= 15 is 0 Å². The maximum Gasteiger partial charge on any atom is 0.263 e. The number of allylic oxidation sites excluding steroid dienone is 8. The summed E-state index contributed by atoms with van der Waals surface area (Å²) in [5.74, 6) is -20.8. The highest BCUT2D eigenvalue weighted by Gasteiger charge is 2.52. The second kappa shape index (κ2) is 8.70. The Bertz CT molecular complexity index is 1130. The minimum absolute atomic E-state index is 0.260. The highest BCUT2D eigenvalue weighted by molar-refractivity contribution is 6.87. The molecule has 0 N–H and O–H groups in total. The summed E-state index contributed by atoms with van der Waals surface area (Å²) in [5, 5.41) is 0. The first kappa shape index (κ1) is 26.8. The Balaban J connectivity index is 2.50. The molecule has 0 heterocycles. The van der Waals surface area contributed by atoms with Gasteiger partial charge in [-0.15, -0.1) is 0 Å². The molecular formula is C21H13BF12O. The maximum absolute atomic E-state index is 14.9. The molecule has 1 aromatic carbocycles. The zero-order valence-electron chi connectivity index (χ0n) is 17.8. The number of methoxy groups -OCH3 is 1. The van der Waals surface area contributed by atoms with Crippen LogP contribution in [0.5, 0.6) is 5.75 Å². The summed E-state index contributed by atoms with van der Waals surface area (Å²) in [6, 6.07) is 0. The molecule has 1 aromatic rings. The lowest BCUT2D eigenvalue weighted by Gasteiger charge is -2.32. The predicted octanol–water partition coefficient (Wildman–Crippen LogP) is 6.35. The molecule has 0 amide bonds. The molecule has 0 spiro atoms. The molecule has 0 aromatic heterocycles. The van der Waals surface area contributed by atoms with Gasteiger partial charge in [-0.05, 0) is 26.0 Å². The van der Waals surface area contributed by atoms with E-state index in [0.29, 0.717) is 21.0 Å². The van der Waals surface area contributed by atoms with Crippen LogP contribution < -0.4 is 10.2 Å². The van der Waals surface area contributed by atoms with Gasteiger partial charge in [-0.2, -0.15) is 8.78 Å². The van der Waals surface area contributed by atoms with Crippen LogP contribution >= 0.6 is 0 Å². The van der Waals surface area contributed by atoms with Crippen molar-refractivity contribution in [3.63, 3.8) is 0 Å². The van der Waals surface area contributed by atoms with E-state index in [9.17, 15) is 52.7 Å². The van der Waals surface area contributed by atoms with Crippen molar-refractivity contribution in [1.29, 1.82) is 0 Å². The summed E-state index contributed by atoms with van der Waals surface area (Å²) >= 11 is 0. The van der Waals surface area contributed by atoms with Crippen LogP contribution in [0.25, 0.3) is 0 Å². The van der Waals surface area contributed by atoms with E-state index in [4.69, 9.17) is 0 Å². The third-order valence-corrected chi connectivity index (χ3v) is 5.61. The summed E-state index contributed by atoms with van der Waals surface area (Å²) < 4.78 is 179. The summed E-state index contributed by atoms with van der Waals surface area (Å²) in [5.41, 5.74) is -13.0. The van der Waals surface area contributed by atoms with Crippen LogP contribution in [0.4, 0.5) is 52.7 Å². The van der Waals surface area contributed by atoms with Gasteiger partial charge in [0.2, 0.25) is 11.6 Å². The Labute approximate surface area is 190 Å². The molecule has 1 nitrogen and oxygen atoms in total. The summed E-state index contributed by atoms with van der Waals surface area (Å²) in [6.07, 6.45) is -7.37. The highest BCUT2D eigenvalue weighted by Crippen LogP contribution is 2.45. The molecular weight excluding hydrogens is 507 g/mol. The van der Waals surface area contributed by atoms with Gasteiger partial charge in [0, 0.05) is 16.4 Å². The highest BCUT2D eigenvalue weighted by atomic mass is 19.2. The van der Waals surface area contributed by atoms with Crippen LogP contribution in [0.1, 0.15) is 13.8 Å². The van der Waals surface area contributed by atoms with Gasteiger partial charge in [0.15, 0.2) is 41.1 Å². The van der Waals surface area contributed by atoms with E-state index in [0.717, 1.165) is 0 Å². The molecule has 0 fully saturated rings. The monoisotopic (exact) mass is 520 g/mol. The van der Waals surface area contributed by atoms with Gasteiger partial charge < -0.3 is 4.74 Å². The lowest BCUT2D eigenvalue weighted by Crippen LogP contribution is -2.48. The molecule has 14 heteroatoms. The fourth-order valence-electron chi connectivity index (χ4n) is 3.84. The van der Waals surface area contributed by atoms with E-state index in [1.54, 1.807) is 0 Å². The SMILES string of the molecule is COc1c(F)c(F)c(B(C2=C(F)C(F)C(C)(F)C=C2F)C2=C(F)C(F)C(C)(F)C=C2F)c(F)c1F. The smallest absolute Gasteiger partial charge is 0.263 e. The number of halogens is 12. The topological polar surface area (TPSA) is 9.23 Å². The molecule has 0 aliphatic heterocycles. The van der Waals surface area contributed by atoms with Gasteiger partial charge in [0.05, 0.1) is 7.11 Å². The Kier molecular flexibility index (Phi) is 6.66. The normalized spacial score (nSPS) is 29.3. The summed E-state index contributed by atoms with van der Waals surface area (Å²) in [7, 11) is 0.570.